The molecule has 0 spiro atoms. The number of anilines is 1. The van der Waals surface area contributed by atoms with Gasteiger partial charge in [0.15, 0.2) is 0 Å². The average Bonchev–Trinajstić information content (AvgIpc) is 2.48. The van der Waals surface area contributed by atoms with Gasteiger partial charge in [-0.25, -0.2) is 0 Å². The van der Waals surface area contributed by atoms with Crippen molar-refractivity contribution in [3.05, 3.63) is 63.6 Å². The maximum atomic E-state index is 12.2. The van der Waals surface area contributed by atoms with Crippen molar-refractivity contribution in [2.75, 3.05) is 19.4 Å². The number of hydrogen-bond acceptors (Lipinski definition) is 2. The minimum absolute atomic E-state index is 0.00295. The van der Waals surface area contributed by atoms with E-state index in [0.717, 1.165) is 10.2 Å². The summed E-state index contributed by atoms with van der Waals surface area (Å²) in [4.78, 5) is 13.7. The highest BCUT2D eigenvalue weighted by molar-refractivity contribution is 9.10. The zero-order chi connectivity index (χ0) is 15.4. The van der Waals surface area contributed by atoms with Gasteiger partial charge in [0, 0.05) is 30.8 Å². The van der Waals surface area contributed by atoms with Crippen LogP contribution in [0.3, 0.4) is 0 Å². The van der Waals surface area contributed by atoms with Gasteiger partial charge in [0.1, 0.15) is 0 Å². The van der Waals surface area contributed by atoms with Gasteiger partial charge < -0.3 is 10.2 Å². The molecule has 0 fully saturated rings. The molecule has 0 aliphatic carbocycles. The van der Waals surface area contributed by atoms with Crippen LogP contribution in [-0.4, -0.2) is 24.9 Å². The molecule has 3 nitrogen and oxygen atoms in total. The molecule has 4 heteroatoms. The van der Waals surface area contributed by atoms with Crippen molar-refractivity contribution < 1.29 is 4.79 Å². The minimum atomic E-state index is 0.00295. The third-order valence-electron chi connectivity index (χ3n) is 3.28. The first-order valence-electron chi connectivity index (χ1n) is 6.78. The number of hydrogen-bond donors (Lipinski definition) is 1. The summed E-state index contributed by atoms with van der Waals surface area (Å²) in [5.74, 6) is 0.00295. The predicted octanol–water partition coefficient (Wildman–Crippen LogP) is 4.07. The zero-order valence-corrected chi connectivity index (χ0v) is 14.1. The first-order valence-corrected chi connectivity index (χ1v) is 7.58. The Morgan fingerprint density at radius 2 is 1.90 bits per heavy atom. The number of benzene rings is 2. The monoisotopic (exact) mass is 346 g/mol. The van der Waals surface area contributed by atoms with Crippen molar-refractivity contribution >= 4 is 27.5 Å². The van der Waals surface area contributed by atoms with Gasteiger partial charge in [0.05, 0.1) is 5.56 Å². The van der Waals surface area contributed by atoms with Crippen molar-refractivity contribution in [2.45, 2.75) is 13.5 Å². The van der Waals surface area contributed by atoms with Crippen LogP contribution in [0.4, 0.5) is 5.69 Å². The quantitative estimate of drug-likeness (QED) is 0.904. The summed E-state index contributed by atoms with van der Waals surface area (Å²) in [6, 6.07) is 13.8. The van der Waals surface area contributed by atoms with Crippen molar-refractivity contribution in [1.82, 2.24) is 4.90 Å². The lowest BCUT2D eigenvalue weighted by Crippen LogP contribution is -2.22. The molecule has 21 heavy (non-hydrogen) atoms. The number of nitrogens with one attached hydrogen (secondary N) is 1. The summed E-state index contributed by atoms with van der Waals surface area (Å²) < 4.78 is 1.10. The van der Waals surface area contributed by atoms with E-state index in [2.05, 4.69) is 46.4 Å². The van der Waals surface area contributed by atoms with Crippen molar-refractivity contribution in [3.8, 4) is 0 Å². The van der Waals surface area contributed by atoms with Crippen LogP contribution in [0.5, 0.6) is 0 Å². The number of aryl methyl sites for hydroxylation is 1. The first kappa shape index (κ1) is 15.6. The lowest BCUT2D eigenvalue weighted by molar-refractivity contribution is 0.0828. The van der Waals surface area contributed by atoms with E-state index in [4.69, 9.17) is 0 Å². The molecule has 0 saturated heterocycles. The Labute approximate surface area is 134 Å². The summed E-state index contributed by atoms with van der Waals surface area (Å²) in [6.07, 6.45) is 0. The van der Waals surface area contributed by atoms with Crippen LogP contribution in [0.2, 0.25) is 0 Å². The Kier molecular flexibility index (Phi) is 5.02. The fourth-order valence-corrected chi connectivity index (χ4v) is 2.43. The Bertz CT molecular complexity index is 653. The molecule has 0 unspecified atom stereocenters. The maximum absolute atomic E-state index is 12.2. The number of rotatable bonds is 4. The molecule has 0 saturated carbocycles. The molecule has 1 amide bonds. The Hall–Kier alpha value is -1.81. The molecule has 0 aliphatic heterocycles. The molecule has 0 atom stereocenters. The van der Waals surface area contributed by atoms with Crippen LogP contribution in [0.1, 0.15) is 21.5 Å². The SMILES string of the molecule is Cc1ccc(CNc2ccccc2C(=O)N(C)C)cc1Br. The van der Waals surface area contributed by atoms with Crippen molar-refractivity contribution in [1.29, 1.82) is 0 Å². The molecule has 2 aromatic carbocycles. The second-order valence-electron chi connectivity index (χ2n) is 5.18. The number of amides is 1. The number of nitrogens with zero attached hydrogens (tertiary/aromatic N) is 1. The number of para-hydroxylation sites is 1. The van der Waals surface area contributed by atoms with Crippen LogP contribution >= 0.6 is 15.9 Å². The normalized spacial score (nSPS) is 10.3. The number of carbonyl (C=O) groups excluding carboxylic acids is 1. The predicted molar refractivity (Wildman–Crippen MR) is 90.7 cm³/mol. The summed E-state index contributed by atoms with van der Waals surface area (Å²) in [5, 5.41) is 3.34. The van der Waals surface area contributed by atoms with E-state index in [1.807, 2.05) is 24.3 Å². The third-order valence-corrected chi connectivity index (χ3v) is 4.14. The fourth-order valence-electron chi connectivity index (χ4n) is 2.01. The smallest absolute Gasteiger partial charge is 0.255 e. The third kappa shape index (κ3) is 3.85. The van der Waals surface area contributed by atoms with E-state index in [1.54, 1.807) is 19.0 Å². The highest BCUT2D eigenvalue weighted by Crippen LogP contribution is 2.20. The van der Waals surface area contributed by atoms with E-state index in [1.165, 1.54) is 11.1 Å². The molecule has 0 bridgehead atoms. The number of carbonyl (C=O) groups is 1. The van der Waals surface area contributed by atoms with Gasteiger partial charge >= 0.3 is 0 Å². The standard InChI is InChI=1S/C17H19BrN2O/c1-12-8-9-13(10-15(12)18)11-19-16-7-5-4-6-14(16)17(21)20(2)3/h4-10,19H,11H2,1-3H3. The van der Waals surface area contributed by atoms with Crippen LogP contribution in [-0.2, 0) is 6.54 Å². The van der Waals surface area contributed by atoms with Gasteiger partial charge in [-0.15, -0.1) is 0 Å². The minimum Gasteiger partial charge on any atom is -0.380 e. The highest BCUT2D eigenvalue weighted by atomic mass is 79.9. The van der Waals surface area contributed by atoms with E-state index < -0.39 is 0 Å². The maximum Gasteiger partial charge on any atom is 0.255 e. The summed E-state index contributed by atoms with van der Waals surface area (Å²) >= 11 is 3.54. The molecule has 0 aliphatic rings. The summed E-state index contributed by atoms with van der Waals surface area (Å²) in [6.45, 7) is 2.74. The zero-order valence-electron chi connectivity index (χ0n) is 12.5. The summed E-state index contributed by atoms with van der Waals surface area (Å²) in [5.41, 5.74) is 3.92. The van der Waals surface area contributed by atoms with E-state index in [9.17, 15) is 4.79 Å². The van der Waals surface area contributed by atoms with E-state index in [0.29, 0.717) is 12.1 Å². The van der Waals surface area contributed by atoms with Gasteiger partial charge in [0.2, 0.25) is 0 Å². The molecule has 2 rings (SSSR count). The van der Waals surface area contributed by atoms with Crippen molar-refractivity contribution in [2.24, 2.45) is 0 Å². The van der Waals surface area contributed by atoms with Gasteiger partial charge in [-0.1, -0.05) is 40.2 Å². The van der Waals surface area contributed by atoms with Gasteiger partial charge in [-0.2, -0.15) is 0 Å². The van der Waals surface area contributed by atoms with Crippen molar-refractivity contribution in [3.63, 3.8) is 0 Å². The van der Waals surface area contributed by atoms with Crippen LogP contribution in [0.25, 0.3) is 0 Å². The number of halogens is 1. The lowest BCUT2D eigenvalue weighted by Gasteiger charge is -2.15. The molecule has 0 aromatic heterocycles. The second kappa shape index (κ2) is 6.76. The van der Waals surface area contributed by atoms with Gasteiger partial charge in [0.25, 0.3) is 5.91 Å². The van der Waals surface area contributed by atoms with Gasteiger partial charge in [-0.05, 0) is 36.2 Å². The largest absolute Gasteiger partial charge is 0.380 e. The Morgan fingerprint density at radius 1 is 1.19 bits per heavy atom. The van der Waals surface area contributed by atoms with Crippen LogP contribution in [0.15, 0.2) is 46.9 Å². The van der Waals surface area contributed by atoms with Crippen LogP contribution in [0, 0.1) is 6.92 Å². The van der Waals surface area contributed by atoms with Crippen LogP contribution < -0.4 is 5.32 Å². The molecule has 0 radical (unpaired) electrons. The molecule has 0 heterocycles. The van der Waals surface area contributed by atoms with Gasteiger partial charge in [-0.3, -0.25) is 4.79 Å². The first-order chi connectivity index (χ1) is 9.99. The molecule has 1 N–H and O–H groups in total. The molecule has 110 valence electrons. The Balaban J connectivity index is 2.16. The topological polar surface area (TPSA) is 32.3 Å². The average molecular weight is 347 g/mol. The second-order valence-corrected chi connectivity index (χ2v) is 6.04. The fraction of sp³-hybridized carbons (Fsp3) is 0.235. The van der Waals surface area contributed by atoms with E-state index in [-0.39, 0.29) is 5.91 Å². The van der Waals surface area contributed by atoms with E-state index >= 15 is 0 Å². The molecular formula is C17H19BrN2O. The Morgan fingerprint density at radius 3 is 2.57 bits per heavy atom. The summed E-state index contributed by atoms with van der Waals surface area (Å²) in [7, 11) is 3.52. The lowest BCUT2D eigenvalue weighted by atomic mass is 10.1. The highest BCUT2D eigenvalue weighted by Gasteiger charge is 2.12. The molecule has 2 aromatic rings. The molecular weight excluding hydrogens is 328 g/mol.